The standard InChI is InChI=1S/C33H37N3O3/c1-4-5-15-31-34-29-19-17-24(35(3)32(37)23-11-7-6-8-12-23)21-30(29)36(31)25-16-18-26(22(2)20-25)27-13-9-10-14-28(27)33(38)39/h9-10,13-14,16-21,23H,4-8,11-12,15H2,1-3H3,(H,38,39). The average Bonchev–Trinajstić information content (AvgIpc) is 3.33. The molecule has 1 aliphatic carbocycles. The second-order valence-corrected chi connectivity index (χ2v) is 10.7. The Morgan fingerprint density at radius 1 is 1.00 bits per heavy atom. The van der Waals surface area contributed by atoms with Gasteiger partial charge in [-0.2, -0.15) is 0 Å². The second kappa shape index (κ2) is 11.4. The van der Waals surface area contributed by atoms with Gasteiger partial charge in [0.15, 0.2) is 0 Å². The summed E-state index contributed by atoms with van der Waals surface area (Å²) in [4.78, 5) is 31.9. The predicted octanol–water partition coefficient (Wildman–Crippen LogP) is 7.58. The van der Waals surface area contributed by atoms with Crippen LogP contribution < -0.4 is 4.90 Å². The van der Waals surface area contributed by atoms with Gasteiger partial charge in [0.25, 0.3) is 0 Å². The van der Waals surface area contributed by atoms with Crippen LogP contribution in [0.15, 0.2) is 60.7 Å². The van der Waals surface area contributed by atoms with Crippen LogP contribution in [-0.2, 0) is 11.2 Å². The van der Waals surface area contributed by atoms with E-state index in [0.29, 0.717) is 11.1 Å². The van der Waals surface area contributed by atoms with E-state index >= 15 is 0 Å². The normalized spacial score (nSPS) is 14.0. The van der Waals surface area contributed by atoms with Gasteiger partial charge in [0.2, 0.25) is 5.91 Å². The van der Waals surface area contributed by atoms with Gasteiger partial charge < -0.3 is 10.0 Å². The van der Waals surface area contributed by atoms with Crippen LogP contribution in [0, 0.1) is 12.8 Å². The lowest BCUT2D eigenvalue weighted by Crippen LogP contribution is -2.33. The molecule has 1 N–H and O–H groups in total. The molecular weight excluding hydrogens is 486 g/mol. The Morgan fingerprint density at radius 3 is 2.49 bits per heavy atom. The molecule has 6 heteroatoms. The SMILES string of the molecule is CCCCc1nc2ccc(N(C)C(=O)C3CCCCC3)cc2n1-c1ccc(-c2ccccc2C(=O)O)c(C)c1. The summed E-state index contributed by atoms with van der Waals surface area (Å²) in [5.41, 5.74) is 6.63. The highest BCUT2D eigenvalue weighted by Crippen LogP contribution is 2.33. The number of carboxylic acids is 1. The van der Waals surface area contributed by atoms with E-state index in [1.54, 1.807) is 12.1 Å². The number of imidazole rings is 1. The summed E-state index contributed by atoms with van der Waals surface area (Å²) < 4.78 is 2.20. The van der Waals surface area contributed by atoms with Crippen LogP contribution in [0.5, 0.6) is 0 Å². The summed E-state index contributed by atoms with van der Waals surface area (Å²) >= 11 is 0. The molecule has 1 heterocycles. The van der Waals surface area contributed by atoms with Crippen molar-refractivity contribution in [3.63, 3.8) is 0 Å². The van der Waals surface area contributed by atoms with Gasteiger partial charge in [0.1, 0.15) is 5.82 Å². The van der Waals surface area contributed by atoms with Crippen molar-refractivity contribution in [2.24, 2.45) is 5.92 Å². The molecule has 1 saturated carbocycles. The number of carbonyl (C=O) groups is 2. The number of carbonyl (C=O) groups excluding carboxylic acids is 1. The zero-order valence-electron chi connectivity index (χ0n) is 23.1. The molecule has 0 radical (unpaired) electrons. The van der Waals surface area contributed by atoms with E-state index in [4.69, 9.17) is 4.98 Å². The quantitative estimate of drug-likeness (QED) is 0.258. The maximum absolute atomic E-state index is 13.3. The lowest BCUT2D eigenvalue weighted by molar-refractivity contribution is -0.123. The molecule has 4 aromatic rings. The van der Waals surface area contributed by atoms with E-state index in [9.17, 15) is 14.7 Å². The zero-order chi connectivity index (χ0) is 27.5. The number of anilines is 1. The van der Waals surface area contributed by atoms with Crippen molar-refractivity contribution in [2.75, 3.05) is 11.9 Å². The van der Waals surface area contributed by atoms with Crippen LogP contribution in [0.25, 0.3) is 27.8 Å². The summed E-state index contributed by atoms with van der Waals surface area (Å²) in [6.45, 7) is 4.19. The van der Waals surface area contributed by atoms with Crippen LogP contribution in [0.2, 0.25) is 0 Å². The van der Waals surface area contributed by atoms with Crippen molar-refractivity contribution in [1.29, 1.82) is 0 Å². The van der Waals surface area contributed by atoms with Gasteiger partial charge in [-0.1, -0.05) is 56.9 Å². The summed E-state index contributed by atoms with van der Waals surface area (Å²) in [6.07, 6.45) is 8.37. The van der Waals surface area contributed by atoms with Crippen molar-refractivity contribution in [2.45, 2.75) is 65.2 Å². The lowest BCUT2D eigenvalue weighted by atomic mass is 9.88. The van der Waals surface area contributed by atoms with E-state index in [0.717, 1.165) is 84.3 Å². The highest BCUT2D eigenvalue weighted by atomic mass is 16.4. The van der Waals surface area contributed by atoms with Crippen molar-refractivity contribution < 1.29 is 14.7 Å². The molecule has 0 aliphatic heterocycles. The van der Waals surface area contributed by atoms with Gasteiger partial charge in [0, 0.05) is 30.8 Å². The third-order valence-corrected chi connectivity index (χ3v) is 8.05. The Bertz CT molecular complexity index is 1510. The summed E-state index contributed by atoms with van der Waals surface area (Å²) in [6, 6.07) is 19.4. The van der Waals surface area contributed by atoms with E-state index < -0.39 is 5.97 Å². The van der Waals surface area contributed by atoms with Crippen LogP contribution in [0.3, 0.4) is 0 Å². The van der Waals surface area contributed by atoms with E-state index in [1.165, 1.54) is 6.42 Å². The molecule has 1 fully saturated rings. The van der Waals surface area contributed by atoms with E-state index in [1.807, 2.05) is 55.3 Å². The van der Waals surface area contributed by atoms with Gasteiger partial charge in [0.05, 0.1) is 16.6 Å². The highest BCUT2D eigenvalue weighted by Gasteiger charge is 2.25. The Labute approximate surface area is 230 Å². The topological polar surface area (TPSA) is 75.4 Å². The van der Waals surface area contributed by atoms with Crippen molar-refractivity contribution in [1.82, 2.24) is 9.55 Å². The number of hydrogen-bond acceptors (Lipinski definition) is 3. The molecular formula is C33H37N3O3. The predicted molar refractivity (Wildman–Crippen MR) is 157 cm³/mol. The van der Waals surface area contributed by atoms with Crippen molar-refractivity contribution >= 4 is 28.6 Å². The minimum atomic E-state index is -0.934. The smallest absolute Gasteiger partial charge is 0.336 e. The monoisotopic (exact) mass is 523 g/mol. The first-order valence-electron chi connectivity index (χ1n) is 14.1. The number of unbranched alkanes of at least 4 members (excludes halogenated alkanes) is 1. The molecule has 0 atom stereocenters. The zero-order valence-corrected chi connectivity index (χ0v) is 23.1. The van der Waals surface area contributed by atoms with Crippen molar-refractivity contribution in [3.8, 4) is 16.8 Å². The number of rotatable bonds is 8. The number of carboxylic acid groups (broad SMARTS) is 1. The van der Waals surface area contributed by atoms with Gasteiger partial charge >= 0.3 is 5.97 Å². The molecule has 1 aliphatic rings. The number of fused-ring (bicyclic) bond motifs is 1. The second-order valence-electron chi connectivity index (χ2n) is 10.7. The van der Waals surface area contributed by atoms with E-state index in [-0.39, 0.29) is 11.8 Å². The Morgan fingerprint density at radius 2 is 1.77 bits per heavy atom. The molecule has 0 unspecified atom stereocenters. The summed E-state index contributed by atoms with van der Waals surface area (Å²) in [5.74, 6) is 0.358. The molecule has 6 nitrogen and oxygen atoms in total. The number of nitrogens with zero attached hydrogens (tertiary/aromatic N) is 3. The largest absolute Gasteiger partial charge is 0.478 e. The van der Waals surface area contributed by atoms with Gasteiger partial charge in [-0.3, -0.25) is 9.36 Å². The molecule has 3 aromatic carbocycles. The fourth-order valence-electron chi connectivity index (χ4n) is 5.86. The van der Waals surface area contributed by atoms with E-state index in [2.05, 4.69) is 23.6 Å². The number of aromatic nitrogens is 2. The Hall–Kier alpha value is -3.93. The first kappa shape index (κ1) is 26.7. The third-order valence-electron chi connectivity index (χ3n) is 8.05. The molecule has 0 spiro atoms. The molecule has 39 heavy (non-hydrogen) atoms. The Kier molecular flexibility index (Phi) is 7.82. The summed E-state index contributed by atoms with van der Waals surface area (Å²) in [7, 11) is 1.88. The highest BCUT2D eigenvalue weighted by molar-refractivity contribution is 5.97. The summed E-state index contributed by atoms with van der Waals surface area (Å²) in [5, 5.41) is 9.71. The first-order valence-corrected chi connectivity index (χ1v) is 14.1. The molecule has 1 aromatic heterocycles. The number of aryl methyl sites for hydroxylation is 2. The minimum absolute atomic E-state index is 0.105. The van der Waals surface area contributed by atoms with Crippen LogP contribution >= 0.6 is 0 Å². The van der Waals surface area contributed by atoms with Gasteiger partial charge in [-0.05, 0) is 79.3 Å². The van der Waals surface area contributed by atoms with Gasteiger partial charge in [-0.15, -0.1) is 0 Å². The third kappa shape index (κ3) is 5.33. The fourth-order valence-corrected chi connectivity index (χ4v) is 5.86. The fraction of sp³-hybridized carbons (Fsp3) is 0.364. The molecule has 0 saturated heterocycles. The van der Waals surface area contributed by atoms with Crippen LogP contribution in [-0.4, -0.2) is 33.6 Å². The number of hydrogen-bond donors (Lipinski definition) is 1. The van der Waals surface area contributed by atoms with Crippen LogP contribution in [0.4, 0.5) is 5.69 Å². The number of amides is 1. The number of benzene rings is 3. The molecule has 5 rings (SSSR count). The van der Waals surface area contributed by atoms with Crippen LogP contribution in [0.1, 0.15) is 73.6 Å². The minimum Gasteiger partial charge on any atom is -0.478 e. The maximum Gasteiger partial charge on any atom is 0.336 e. The molecule has 202 valence electrons. The maximum atomic E-state index is 13.3. The average molecular weight is 524 g/mol. The van der Waals surface area contributed by atoms with Crippen molar-refractivity contribution in [3.05, 3.63) is 77.6 Å². The molecule has 1 amide bonds. The Balaban J connectivity index is 1.57. The number of aromatic carboxylic acids is 1. The molecule has 0 bridgehead atoms. The first-order chi connectivity index (χ1) is 18.9. The van der Waals surface area contributed by atoms with Gasteiger partial charge in [-0.25, -0.2) is 9.78 Å². The lowest BCUT2D eigenvalue weighted by Gasteiger charge is -2.26.